The summed E-state index contributed by atoms with van der Waals surface area (Å²) in [6, 6.07) is 11.7. The molecule has 0 heterocycles. The predicted molar refractivity (Wildman–Crippen MR) is 86.5 cm³/mol. The van der Waals surface area contributed by atoms with E-state index in [9.17, 15) is 0 Å². The highest BCUT2D eigenvalue weighted by atomic mass is 16.6. The molecule has 0 fully saturated rings. The van der Waals surface area contributed by atoms with Crippen molar-refractivity contribution in [3.8, 4) is 23.0 Å². The van der Waals surface area contributed by atoms with Crippen LogP contribution in [0.25, 0.3) is 0 Å². The van der Waals surface area contributed by atoms with Crippen molar-refractivity contribution in [2.24, 2.45) is 0 Å². The normalized spacial score (nSPS) is 10.2. The minimum atomic E-state index is 0.407. The lowest BCUT2D eigenvalue weighted by molar-refractivity contribution is 0.204. The average molecular weight is 302 g/mol. The molecule has 0 radical (unpaired) electrons. The molecule has 22 heavy (non-hydrogen) atoms. The van der Waals surface area contributed by atoms with E-state index in [1.807, 2.05) is 38.1 Å². The first kappa shape index (κ1) is 16.0. The Labute approximate surface area is 131 Å². The molecule has 2 aromatic rings. The fourth-order valence-corrected chi connectivity index (χ4v) is 2.12. The zero-order valence-corrected chi connectivity index (χ0v) is 13.5. The molecule has 0 atom stereocenters. The molecular weight excluding hydrogens is 280 g/mol. The zero-order chi connectivity index (χ0) is 15.9. The number of hydrogen-bond acceptors (Lipinski definition) is 4. The first-order chi connectivity index (χ1) is 10.7. The molecule has 0 unspecified atom stereocenters. The van der Waals surface area contributed by atoms with Crippen LogP contribution in [0.5, 0.6) is 23.0 Å². The standard InChI is InChI=1S/C18H22O4/c1-13-8-9-14(2)17(12-13)21-10-11-22-18-15(19-3)6-5-7-16(18)20-4/h5-9,12H,10-11H2,1-4H3. The van der Waals surface area contributed by atoms with Gasteiger partial charge in [0.2, 0.25) is 5.75 Å². The van der Waals surface area contributed by atoms with Gasteiger partial charge in [0.1, 0.15) is 19.0 Å². The smallest absolute Gasteiger partial charge is 0.203 e. The van der Waals surface area contributed by atoms with Gasteiger partial charge in [-0.25, -0.2) is 0 Å². The topological polar surface area (TPSA) is 36.9 Å². The highest BCUT2D eigenvalue weighted by Gasteiger charge is 2.11. The lowest BCUT2D eigenvalue weighted by atomic mass is 10.1. The van der Waals surface area contributed by atoms with Crippen LogP contribution in [0.15, 0.2) is 36.4 Å². The van der Waals surface area contributed by atoms with E-state index >= 15 is 0 Å². The summed E-state index contributed by atoms with van der Waals surface area (Å²) in [5.74, 6) is 2.77. The summed E-state index contributed by atoms with van der Waals surface area (Å²) in [5, 5.41) is 0. The van der Waals surface area contributed by atoms with Crippen LogP contribution in [0.4, 0.5) is 0 Å². The van der Waals surface area contributed by atoms with E-state index in [2.05, 4.69) is 12.1 Å². The average Bonchev–Trinajstić information content (AvgIpc) is 2.54. The highest BCUT2D eigenvalue weighted by molar-refractivity contribution is 5.51. The van der Waals surface area contributed by atoms with Crippen LogP contribution in [0, 0.1) is 13.8 Å². The van der Waals surface area contributed by atoms with Crippen molar-refractivity contribution in [1.29, 1.82) is 0 Å². The summed E-state index contributed by atoms with van der Waals surface area (Å²) in [4.78, 5) is 0. The van der Waals surface area contributed by atoms with Gasteiger partial charge in [0.05, 0.1) is 14.2 Å². The predicted octanol–water partition coefficient (Wildman–Crippen LogP) is 3.78. The van der Waals surface area contributed by atoms with Crippen molar-refractivity contribution in [3.05, 3.63) is 47.5 Å². The molecule has 0 saturated carbocycles. The fourth-order valence-electron chi connectivity index (χ4n) is 2.12. The summed E-state index contributed by atoms with van der Waals surface area (Å²) in [7, 11) is 3.21. The number of hydrogen-bond donors (Lipinski definition) is 0. The summed E-state index contributed by atoms with van der Waals surface area (Å²) in [6.07, 6.45) is 0. The van der Waals surface area contributed by atoms with Crippen LogP contribution in [0.2, 0.25) is 0 Å². The van der Waals surface area contributed by atoms with Crippen LogP contribution in [-0.4, -0.2) is 27.4 Å². The molecule has 118 valence electrons. The maximum atomic E-state index is 5.78. The van der Waals surface area contributed by atoms with E-state index < -0.39 is 0 Å². The van der Waals surface area contributed by atoms with Crippen molar-refractivity contribution < 1.29 is 18.9 Å². The maximum absolute atomic E-state index is 5.78. The number of rotatable bonds is 7. The molecule has 0 aliphatic heterocycles. The highest BCUT2D eigenvalue weighted by Crippen LogP contribution is 2.36. The second kappa shape index (κ2) is 7.59. The Morgan fingerprint density at radius 2 is 1.41 bits per heavy atom. The van der Waals surface area contributed by atoms with Crippen LogP contribution in [0.3, 0.4) is 0 Å². The quantitative estimate of drug-likeness (QED) is 0.729. The summed E-state index contributed by atoms with van der Waals surface area (Å²) < 4.78 is 22.1. The number of methoxy groups -OCH3 is 2. The minimum absolute atomic E-state index is 0.407. The van der Waals surface area contributed by atoms with Crippen molar-refractivity contribution in [1.82, 2.24) is 0 Å². The van der Waals surface area contributed by atoms with Gasteiger partial charge in [-0.2, -0.15) is 0 Å². The SMILES string of the molecule is COc1cccc(OC)c1OCCOc1cc(C)ccc1C. The fraction of sp³-hybridized carbons (Fsp3) is 0.333. The summed E-state index contributed by atoms with van der Waals surface area (Å²) >= 11 is 0. The number of ether oxygens (including phenoxy) is 4. The molecule has 4 heteroatoms. The Balaban J connectivity index is 1.95. The largest absolute Gasteiger partial charge is 0.493 e. The minimum Gasteiger partial charge on any atom is -0.493 e. The van der Waals surface area contributed by atoms with Gasteiger partial charge in [-0.1, -0.05) is 18.2 Å². The molecule has 0 aromatic heterocycles. The second-order valence-electron chi connectivity index (χ2n) is 4.96. The molecular formula is C18H22O4. The van der Waals surface area contributed by atoms with Crippen LogP contribution in [-0.2, 0) is 0 Å². The monoisotopic (exact) mass is 302 g/mol. The summed E-state index contributed by atoms with van der Waals surface area (Å²) in [6.45, 7) is 4.93. The Hall–Kier alpha value is -2.36. The number of para-hydroxylation sites is 1. The lowest BCUT2D eigenvalue weighted by Gasteiger charge is -2.15. The molecule has 0 saturated heterocycles. The molecule has 0 amide bonds. The third-order valence-corrected chi connectivity index (χ3v) is 3.31. The van der Waals surface area contributed by atoms with Gasteiger partial charge in [-0.15, -0.1) is 0 Å². The molecule has 0 N–H and O–H groups in total. The van der Waals surface area contributed by atoms with Gasteiger partial charge in [0.15, 0.2) is 11.5 Å². The van der Waals surface area contributed by atoms with Gasteiger partial charge in [0, 0.05) is 0 Å². The van der Waals surface area contributed by atoms with E-state index in [4.69, 9.17) is 18.9 Å². The first-order valence-electron chi connectivity index (χ1n) is 7.19. The van der Waals surface area contributed by atoms with Crippen LogP contribution >= 0.6 is 0 Å². The molecule has 0 aliphatic rings. The molecule has 0 spiro atoms. The van der Waals surface area contributed by atoms with E-state index in [-0.39, 0.29) is 0 Å². The second-order valence-corrected chi connectivity index (χ2v) is 4.96. The van der Waals surface area contributed by atoms with Gasteiger partial charge >= 0.3 is 0 Å². The third kappa shape index (κ3) is 3.85. The van der Waals surface area contributed by atoms with Gasteiger partial charge in [-0.05, 0) is 43.2 Å². The Bertz CT molecular complexity index is 600. The van der Waals surface area contributed by atoms with Crippen LogP contribution < -0.4 is 18.9 Å². The number of benzene rings is 2. The number of aryl methyl sites for hydroxylation is 2. The van der Waals surface area contributed by atoms with E-state index in [1.54, 1.807) is 14.2 Å². The first-order valence-corrected chi connectivity index (χ1v) is 7.19. The molecule has 2 rings (SSSR count). The Morgan fingerprint density at radius 1 is 0.773 bits per heavy atom. The van der Waals surface area contributed by atoms with Gasteiger partial charge < -0.3 is 18.9 Å². The third-order valence-electron chi connectivity index (χ3n) is 3.31. The van der Waals surface area contributed by atoms with Gasteiger partial charge in [0.25, 0.3) is 0 Å². The van der Waals surface area contributed by atoms with Crippen molar-refractivity contribution >= 4 is 0 Å². The molecule has 4 nitrogen and oxygen atoms in total. The molecule has 2 aromatic carbocycles. The molecule has 0 aliphatic carbocycles. The van der Waals surface area contributed by atoms with Crippen molar-refractivity contribution in [2.45, 2.75) is 13.8 Å². The summed E-state index contributed by atoms with van der Waals surface area (Å²) in [5.41, 5.74) is 2.29. The van der Waals surface area contributed by atoms with Gasteiger partial charge in [-0.3, -0.25) is 0 Å². The Kier molecular flexibility index (Phi) is 5.53. The van der Waals surface area contributed by atoms with E-state index in [0.29, 0.717) is 30.5 Å². The lowest BCUT2D eigenvalue weighted by Crippen LogP contribution is -2.10. The zero-order valence-electron chi connectivity index (χ0n) is 13.5. The Morgan fingerprint density at radius 3 is 2.05 bits per heavy atom. The van der Waals surface area contributed by atoms with Crippen LogP contribution in [0.1, 0.15) is 11.1 Å². The van der Waals surface area contributed by atoms with E-state index in [0.717, 1.165) is 11.3 Å². The maximum Gasteiger partial charge on any atom is 0.203 e. The van der Waals surface area contributed by atoms with Crippen molar-refractivity contribution in [2.75, 3.05) is 27.4 Å². The van der Waals surface area contributed by atoms with E-state index in [1.165, 1.54) is 5.56 Å². The molecule has 0 bridgehead atoms. The van der Waals surface area contributed by atoms with Crippen molar-refractivity contribution in [3.63, 3.8) is 0 Å².